The maximum Gasteiger partial charge on any atom is 0.192 e. The summed E-state index contributed by atoms with van der Waals surface area (Å²) in [6.07, 6.45) is 0.127. The molecule has 1 rings (SSSR count). The topological polar surface area (TPSA) is 29.5 Å². The minimum atomic E-state index is -1.88. The van der Waals surface area contributed by atoms with Gasteiger partial charge in [0.1, 0.15) is 0 Å². The molecule has 0 aliphatic rings. The number of aliphatic hydroxyl groups is 1. The molecule has 0 heterocycles. The number of hydrogen-bond acceptors (Lipinski definition) is 2. The van der Waals surface area contributed by atoms with E-state index in [9.17, 15) is 5.11 Å². The molecule has 2 nitrogen and oxygen atoms in total. The van der Waals surface area contributed by atoms with E-state index in [1.54, 1.807) is 6.92 Å². The second kappa shape index (κ2) is 6.90. The number of rotatable bonds is 6. The Labute approximate surface area is 131 Å². The van der Waals surface area contributed by atoms with E-state index in [2.05, 4.69) is 52.6 Å². The molecular weight excluding hydrogens is 276 g/mol. The van der Waals surface area contributed by atoms with Crippen LogP contribution in [0, 0.1) is 0 Å². The highest BCUT2D eigenvalue weighted by atomic mass is 28.4. The van der Waals surface area contributed by atoms with Crippen LogP contribution in [-0.4, -0.2) is 19.5 Å². The van der Waals surface area contributed by atoms with Crippen molar-refractivity contribution in [3.63, 3.8) is 0 Å². The molecule has 0 aliphatic heterocycles. The van der Waals surface area contributed by atoms with Crippen LogP contribution in [0.3, 0.4) is 0 Å². The lowest BCUT2D eigenvalue weighted by Crippen LogP contribution is -2.42. The molecule has 0 aromatic heterocycles. The first-order valence-electron chi connectivity index (χ1n) is 7.63. The highest BCUT2D eigenvalue weighted by Crippen LogP contribution is 2.41. The molecule has 0 fully saturated rings. The van der Waals surface area contributed by atoms with E-state index in [1.807, 2.05) is 18.2 Å². The van der Waals surface area contributed by atoms with E-state index in [0.29, 0.717) is 6.42 Å². The molecule has 2 atom stereocenters. The van der Waals surface area contributed by atoms with Gasteiger partial charge in [-0.2, -0.15) is 0 Å². The van der Waals surface area contributed by atoms with Gasteiger partial charge in [-0.3, -0.25) is 0 Å². The summed E-state index contributed by atoms with van der Waals surface area (Å²) in [6, 6.07) is 10.3. The second-order valence-electron chi connectivity index (χ2n) is 7.32. The van der Waals surface area contributed by atoms with E-state index in [-0.39, 0.29) is 11.1 Å². The fourth-order valence-corrected chi connectivity index (χ4v) is 3.12. The SMILES string of the molecule is C=C(C[C@@H](O[Si](C)(C)C(C)(C)C)c1ccccc1)[C@@H](C)O. The molecule has 21 heavy (non-hydrogen) atoms. The van der Waals surface area contributed by atoms with Crippen LogP contribution in [0.2, 0.25) is 18.1 Å². The van der Waals surface area contributed by atoms with E-state index in [1.165, 1.54) is 0 Å². The normalized spacial score (nSPS) is 15.6. The summed E-state index contributed by atoms with van der Waals surface area (Å²) in [4.78, 5) is 0. The largest absolute Gasteiger partial charge is 0.410 e. The van der Waals surface area contributed by atoms with Gasteiger partial charge < -0.3 is 9.53 Å². The molecule has 0 unspecified atom stereocenters. The van der Waals surface area contributed by atoms with Gasteiger partial charge in [-0.1, -0.05) is 57.7 Å². The van der Waals surface area contributed by atoms with Crippen LogP contribution < -0.4 is 0 Å². The molecule has 1 aromatic carbocycles. The summed E-state index contributed by atoms with van der Waals surface area (Å²) >= 11 is 0. The van der Waals surface area contributed by atoms with Crippen molar-refractivity contribution < 1.29 is 9.53 Å². The molecule has 0 aliphatic carbocycles. The van der Waals surface area contributed by atoms with Crippen molar-refractivity contribution >= 4 is 8.32 Å². The van der Waals surface area contributed by atoms with Crippen molar-refractivity contribution in [3.05, 3.63) is 48.0 Å². The van der Waals surface area contributed by atoms with Gasteiger partial charge in [0.2, 0.25) is 0 Å². The third-order valence-electron chi connectivity index (χ3n) is 4.45. The van der Waals surface area contributed by atoms with Crippen molar-refractivity contribution in [1.29, 1.82) is 0 Å². The lowest BCUT2D eigenvalue weighted by atomic mass is 10.00. The molecule has 3 heteroatoms. The molecule has 0 radical (unpaired) electrons. The summed E-state index contributed by atoms with van der Waals surface area (Å²) in [5, 5.41) is 9.89. The van der Waals surface area contributed by atoms with Gasteiger partial charge >= 0.3 is 0 Å². The minimum Gasteiger partial charge on any atom is -0.410 e. The van der Waals surface area contributed by atoms with Crippen molar-refractivity contribution in [1.82, 2.24) is 0 Å². The van der Waals surface area contributed by atoms with Crippen molar-refractivity contribution in [3.8, 4) is 0 Å². The van der Waals surface area contributed by atoms with Gasteiger partial charge in [-0.15, -0.1) is 0 Å². The van der Waals surface area contributed by atoms with Crippen LogP contribution in [0.5, 0.6) is 0 Å². The van der Waals surface area contributed by atoms with Crippen molar-refractivity contribution in [2.75, 3.05) is 0 Å². The molecule has 1 aromatic rings. The van der Waals surface area contributed by atoms with Gasteiger partial charge in [-0.25, -0.2) is 0 Å². The van der Waals surface area contributed by atoms with Crippen LogP contribution in [0.25, 0.3) is 0 Å². The summed E-state index contributed by atoms with van der Waals surface area (Å²) in [6.45, 7) is 17.0. The van der Waals surface area contributed by atoms with Crippen LogP contribution in [0.4, 0.5) is 0 Å². The van der Waals surface area contributed by atoms with Crippen molar-refractivity contribution in [2.24, 2.45) is 0 Å². The maximum absolute atomic E-state index is 9.73. The van der Waals surface area contributed by atoms with Gasteiger partial charge in [-0.05, 0) is 42.6 Å². The Kier molecular flexibility index (Phi) is 5.97. The highest BCUT2D eigenvalue weighted by Gasteiger charge is 2.39. The molecule has 0 saturated carbocycles. The van der Waals surface area contributed by atoms with E-state index >= 15 is 0 Å². The van der Waals surface area contributed by atoms with Crippen LogP contribution in [0.1, 0.15) is 45.8 Å². The summed E-state index contributed by atoms with van der Waals surface area (Å²) in [5.41, 5.74) is 1.98. The maximum atomic E-state index is 9.73. The zero-order chi connectivity index (χ0) is 16.3. The monoisotopic (exact) mass is 306 g/mol. The van der Waals surface area contributed by atoms with Gasteiger partial charge in [0.05, 0.1) is 12.2 Å². The summed E-state index contributed by atoms with van der Waals surface area (Å²) in [5.74, 6) is 0. The lowest BCUT2D eigenvalue weighted by Gasteiger charge is -2.39. The van der Waals surface area contributed by atoms with Crippen LogP contribution in [0.15, 0.2) is 42.5 Å². The Morgan fingerprint density at radius 2 is 1.76 bits per heavy atom. The lowest BCUT2D eigenvalue weighted by molar-refractivity contribution is 0.164. The van der Waals surface area contributed by atoms with Gasteiger partial charge in [0, 0.05) is 0 Å². The molecule has 0 bridgehead atoms. The predicted molar refractivity (Wildman–Crippen MR) is 92.9 cm³/mol. The molecule has 0 spiro atoms. The Morgan fingerprint density at radius 1 is 1.24 bits per heavy atom. The van der Waals surface area contributed by atoms with Gasteiger partial charge in [0.15, 0.2) is 8.32 Å². The van der Waals surface area contributed by atoms with Gasteiger partial charge in [0.25, 0.3) is 0 Å². The average molecular weight is 307 g/mol. The van der Waals surface area contributed by atoms with E-state index < -0.39 is 14.4 Å². The summed E-state index contributed by atoms with van der Waals surface area (Å²) in [7, 11) is -1.88. The zero-order valence-corrected chi connectivity index (χ0v) is 15.3. The quantitative estimate of drug-likeness (QED) is 0.587. The fraction of sp³-hybridized carbons (Fsp3) is 0.556. The number of benzene rings is 1. The van der Waals surface area contributed by atoms with E-state index in [0.717, 1.165) is 11.1 Å². The highest BCUT2D eigenvalue weighted by molar-refractivity contribution is 6.74. The first-order valence-corrected chi connectivity index (χ1v) is 10.5. The number of aliphatic hydroxyl groups excluding tert-OH is 1. The first kappa shape index (κ1) is 18.1. The molecule has 0 amide bonds. The first-order chi connectivity index (χ1) is 9.54. The Hall–Kier alpha value is -0.903. The second-order valence-corrected chi connectivity index (χ2v) is 12.1. The Morgan fingerprint density at radius 3 is 2.19 bits per heavy atom. The molecule has 118 valence electrons. The third-order valence-corrected chi connectivity index (χ3v) is 8.94. The molecular formula is C18H30O2Si. The minimum absolute atomic E-state index is 0.0332. The fourth-order valence-electron chi connectivity index (χ4n) is 1.84. The van der Waals surface area contributed by atoms with Crippen molar-refractivity contribution in [2.45, 2.75) is 64.5 Å². The third kappa shape index (κ3) is 5.10. The Bertz CT molecular complexity index is 458. The Balaban J connectivity index is 3.01. The standard InChI is InChI=1S/C18H30O2Si/c1-14(15(2)19)13-17(16-11-9-8-10-12-16)20-21(6,7)18(3,4)5/h8-12,15,17,19H,1,13H2,2-7H3/t15-,17-/m1/s1. The predicted octanol–water partition coefficient (Wildman–Crippen LogP) is 5.08. The van der Waals surface area contributed by atoms with Crippen LogP contribution >= 0.6 is 0 Å². The zero-order valence-electron chi connectivity index (χ0n) is 14.3. The number of hydrogen-bond donors (Lipinski definition) is 1. The molecule has 0 saturated heterocycles. The van der Waals surface area contributed by atoms with E-state index in [4.69, 9.17) is 4.43 Å². The van der Waals surface area contributed by atoms with Crippen LogP contribution in [-0.2, 0) is 4.43 Å². The average Bonchev–Trinajstić information content (AvgIpc) is 2.37. The smallest absolute Gasteiger partial charge is 0.192 e. The summed E-state index contributed by atoms with van der Waals surface area (Å²) < 4.78 is 6.58. The molecule has 1 N–H and O–H groups in total.